The first kappa shape index (κ1) is 82.6. The zero-order valence-electron chi connectivity index (χ0n) is 66.1. The second-order valence-corrected chi connectivity index (χ2v) is 33.2. The Morgan fingerprint density at radius 3 is 1.58 bits per heavy atom. The number of pyridine rings is 2. The topological polar surface area (TPSA) is 351 Å². The summed E-state index contributed by atoms with van der Waals surface area (Å²) >= 11 is 3.00. The normalized spacial score (nSPS) is 26.1. The number of carbonyl (C=O) groups excluding carboxylic acids is 8. The van der Waals surface area contributed by atoms with Crippen LogP contribution in [-0.4, -0.2) is 185 Å². The minimum Gasteiger partial charge on any atom is -0.497 e. The minimum atomic E-state index is -1.22. The lowest BCUT2D eigenvalue weighted by Crippen LogP contribution is -2.56. The lowest BCUT2D eigenvalue weighted by molar-refractivity contribution is -0.148. The van der Waals surface area contributed by atoms with Crippen molar-refractivity contribution in [1.82, 2.24) is 51.0 Å². The Morgan fingerprint density at radius 2 is 1.04 bits per heavy atom. The summed E-state index contributed by atoms with van der Waals surface area (Å²) in [5.41, 5.74) is 1.79. The highest BCUT2D eigenvalue weighted by Gasteiger charge is 2.63. The summed E-state index contributed by atoms with van der Waals surface area (Å²) in [4.78, 5) is 140. The van der Waals surface area contributed by atoms with Crippen molar-refractivity contribution >= 4 is 102 Å². The van der Waals surface area contributed by atoms with E-state index < -0.39 is 77.3 Å². The largest absolute Gasteiger partial charge is 0.497 e. The number of methoxy groups -OCH3 is 4. The van der Waals surface area contributed by atoms with Gasteiger partial charge in [-0.3, -0.25) is 24.0 Å². The lowest BCUT2D eigenvalue weighted by Gasteiger charge is -2.30. The number of anilines is 2. The SMILES string of the molecule is COC(=O)[C@@]12C[C@H]1/C=C\CCCCC[C@H](NC(=O)OC1CCCC1)C(=O)N1C[C@@H](C)C[C@H]1C(=O)N2.COC(=O)[C@@]12C[C@H]1/C=C\CCCCC[C@H](NC(=O)OC1CCCC1)C(=O)N1C[C@H](Oc3cc(-c4csc(NC(C)C)n4)nc4cc(OC)ccc34)C[C@H]1C(=O)N2.COc1ccc2c(=O)cc(-c3csc(NC(C)C)n3)[nH]c2c1. The molecule has 6 fully saturated rings. The number of esters is 2. The molecule has 7 N–H and O–H groups in total. The number of nitrogens with zero attached hydrogens (tertiary/aromatic N) is 5. The van der Waals surface area contributed by atoms with Gasteiger partial charge in [0.2, 0.25) is 23.6 Å². The molecular weight excluding hydrogens is 1490 g/mol. The van der Waals surface area contributed by atoms with Gasteiger partial charge in [-0.15, -0.1) is 22.7 Å². The third-order valence-corrected chi connectivity index (χ3v) is 23.8. The Hall–Kier alpha value is -9.84. The first-order valence-corrected chi connectivity index (χ1v) is 41.7. The zero-order valence-corrected chi connectivity index (χ0v) is 67.7. The lowest BCUT2D eigenvalue weighted by atomic mass is 10.0. The van der Waals surface area contributed by atoms with Crippen molar-refractivity contribution in [2.45, 2.75) is 242 Å². The third-order valence-electron chi connectivity index (χ3n) is 22.2. The fourth-order valence-corrected chi connectivity index (χ4v) is 17.8. The monoisotopic (exact) mass is 1590 g/mol. The number of ether oxygens (including phenoxy) is 7. The minimum absolute atomic E-state index is 0.0298. The third kappa shape index (κ3) is 20.4. The van der Waals surface area contributed by atoms with Gasteiger partial charge in [-0.2, -0.15) is 0 Å². The fourth-order valence-electron chi connectivity index (χ4n) is 16.1. The van der Waals surface area contributed by atoms with Crippen LogP contribution in [0.25, 0.3) is 44.6 Å². The maximum absolute atomic E-state index is 14.6. The Balaban J connectivity index is 0.000000175. The smallest absolute Gasteiger partial charge is 0.408 e. The van der Waals surface area contributed by atoms with E-state index in [0.717, 1.165) is 123 Å². The first-order valence-electron chi connectivity index (χ1n) is 40.0. The van der Waals surface area contributed by atoms with Crippen LogP contribution in [0.1, 0.15) is 176 Å². The number of aromatic nitrogens is 4. The molecule has 6 aromatic rings. The van der Waals surface area contributed by atoms with Gasteiger partial charge in [0.05, 0.1) is 63.1 Å². The molecular formula is C83H108N12O16S2. The molecule has 28 nitrogen and oxygen atoms in total. The molecule has 113 heavy (non-hydrogen) atoms. The van der Waals surface area contributed by atoms with Gasteiger partial charge >= 0.3 is 24.1 Å². The molecule has 0 unspecified atom stereocenters. The van der Waals surface area contributed by atoms with Gasteiger partial charge in [-0.05, 0) is 167 Å². The van der Waals surface area contributed by atoms with Gasteiger partial charge in [0.1, 0.15) is 76.5 Å². The summed E-state index contributed by atoms with van der Waals surface area (Å²) in [6.45, 7) is 10.7. The van der Waals surface area contributed by atoms with Crippen LogP contribution in [0, 0.1) is 17.8 Å². The van der Waals surface area contributed by atoms with E-state index in [1.807, 2.05) is 80.1 Å². The maximum atomic E-state index is 14.6. The molecule has 0 spiro atoms. The van der Waals surface area contributed by atoms with Crippen LogP contribution in [0.15, 0.2) is 88.4 Å². The highest BCUT2D eigenvalue weighted by atomic mass is 32.1. The van der Waals surface area contributed by atoms with Crippen LogP contribution in [0.2, 0.25) is 0 Å². The molecule has 4 aromatic heterocycles. The van der Waals surface area contributed by atoms with E-state index in [-0.39, 0.29) is 66.2 Å². The molecule has 8 heterocycles. The van der Waals surface area contributed by atoms with Crippen molar-refractivity contribution in [3.63, 3.8) is 0 Å². The number of nitrogens with one attached hydrogen (secondary N) is 7. The number of aromatic amines is 1. The van der Waals surface area contributed by atoms with Gasteiger partial charge in [-0.1, -0.05) is 56.9 Å². The highest BCUT2D eigenvalue weighted by Crippen LogP contribution is 2.48. The molecule has 0 radical (unpaired) electrons. The number of thiazole rings is 2. The summed E-state index contributed by atoms with van der Waals surface area (Å²) in [5.74, 6) is -0.816. The molecule has 4 saturated carbocycles. The van der Waals surface area contributed by atoms with Crippen molar-refractivity contribution < 1.29 is 71.5 Å². The van der Waals surface area contributed by atoms with Crippen molar-refractivity contribution in [3.05, 3.63) is 93.8 Å². The molecule has 10 atom stereocenters. The number of fused-ring (bicyclic) bond motifs is 6. The van der Waals surface area contributed by atoms with E-state index in [1.165, 1.54) is 41.8 Å². The zero-order chi connectivity index (χ0) is 80.1. The number of benzene rings is 2. The van der Waals surface area contributed by atoms with E-state index in [0.29, 0.717) is 96.3 Å². The van der Waals surface area contributed by atoms with Gasteiger partial charge < -0.3 is 79.8 Å². The average molecular weight is 1590 g/mol. The average Bonchev–Trinajstić information content (AvgIpc) is 1.25. The Morgan fingerprint density at radius 1 is 0.549 bits per heavy atom. The molecule has 608 valence electrons. The molecule has 30 heteroatoms. The maximum Gasteiger partial charge on any atom is 0.408 e. The van der Waals surface area contributed by atoms with Gasteiger partial charge in [-0.25, -0.2) is 34.1 Å². The van der Waals surface area contributed by atoms with Gasteiger partial charge in [0.25, 0.3) is 0 Å². The molecule has 6 amide bonds. The quantitative estimate of drug-likeness (QED) is 0.0269. The number of allylic oxidation sites excluding steroid dienone is 2. The number of amides is 6. The van der Waals surface area contributed by atoms with Crippen LogP contribution in [0.4, 0.5) is 19.9 Å². The van der Waals surface area contributed by atoms with E-state index in [1.54, 1.807) is 37.3 Å². The van der Waals surface area contributed by atoms with Crippen LogP contribution in [-0.2, 0) is 47.7 Å². The molecule has 2 aromatic carbocycles. The summed E-state index contributed by atoms with van der Waals surface area (Å²) < 4.78 is 38.9. The number of hydrogen-bond acceptors (Lipinski definition) is 23. The Kier molecular flexibility index (Phi) is 27.4. The van der Waals surface area contributed by atoms with Crippen molar-refractivity contribution in [2.24, 2.45) is 17.8 Å². The number of rotatable bonds is 16. The summed E-state index contributed by atoms with van der Waals surface area (Å²) in [6.07, 6.45) is 22.5. The standard InChI is InChI=1S/C41H52N6O8S.C26H39N3O6.C16H17N3O2S/c1-24(2)42-39-44-33(23-56-39)32-20-35(29-17-16-27(52-3)18-31(29)43-32)54-28-19-34-36(48)46-41(38(50)53-4)21-25(41)12-8-6-5-7-9-15-30(37(49)47(34)22-28)45-40(51)55-26-13-10-11-14-26;1-17-14-21-22(30)28-26(24(32)34-2)15-18(26)10-6-4-3-5-7-13-20(23(31)29(21)16-17)27-25(33)35-19-11-8-9-12-19;1-9(2)17-16-19-14(8-22-16)13-7-15(20)11-5-4-10(21-3)6-12(11)18-13/h8,12,16-18,20,23-26,28,30,34H,5-7,9-11,13-15,19,21-22H2,1-4H3,(H,42,44)(H,45,51)(H,46,48);6,10,17-21H,3-5,7-9,11-16H2,1-2H3,(H,27,33)(H,28,30);4-9H,1-3H3,(H,17,19)(H,18,20)/b12-8-;10-6-;/t25-,28-,30+,34+,41-;17-,18+,20-,21-,26+;/m10./s1. The van der Waals surface area contributed by atoms with Crippen LogP contribution >= 0.6 is 22.7 Å². The van der Waals surface area contributed by atoms with E-state index in [2.05, 4.69) is 61.8 Å². The number of hydrogen-bond donors (Lipinski definition) is 7. The second kappa shape index (κ2) is 37.4. The highest BCUT2D eigenvalue weighted by molar-refractivity contribution is 7.14. The Labute approximate surface area is 666 Å². The van der Waals surface area contributed by atoms with E-state index in [4.69, 9.17) is 43.1 Å². The Bertz CT molecular complexity index is 4530. The van der Waals surface area contributed by atoms with Crippen molar-refractivity contribution in [3.8, 4) is 40.0 Å². The molecule has 4 aliphatic heterocycles. The number of alkyl carbamates (subject to hydrolysis) is 2. The molecule has 14 rings (SSSR count). The predicted molar refractivity (Wildman–Crippen MR) is 431 cm³/mol. The van der Waals surface area contributed by atoms with Gasteiger partial charge in [0.15, 0.2) is 15.7 Å². The number of carbonyl (C=O) groups is 8. The summed E-state index contributed by atoms with van der Waals surface area (Å²) in [5, 5.41) is 25.0. The summed E-state index contributed by atoms with van der Waals surface area (Å²) in [6, 6.07) is 11.5. The molecule has 2 saturated heterocycles. The van der Waals surface area contributed by atoms with Crippen LogP contribution in [0.5, 0.6) is 17.2 Å². The van der Waals surface area contributed by atoms with Crippen molar-refractivity contribution in [2.75, 3.05) is 52.2 Å². The molecule has 0 bridgehead atoms. The molecule has 4 aliphatic carbocycles. The molecule has 8 aliphatic rings. The number of H-pyrrole nitrogens is 1. The first-order chi connectivity index (χ1) is 54.5. The van der Waals surface area contributed by atoms with E-state index >= 15 is 0 Å². The predicted octanol–water partition coefficient (Wildman–Crippen LogP) is 12.5. The second-order valence-electron chi connectivity index (χ2n) is 31.5. The van der Waals surface area contributed by atoms with Crippen LogP contribution < -0.4 is 51.5 Å². The summed E-state index contributed by atoms with van der Waals surface area (Å²) in [7, 11) is 5.83. The van der Waals surface area contributed by atoms with Gasteiger partial charge in [0, 0.05) is 82.7 Å². The van der Waals surface area contributed by atoms with E-state index in [9.17, 15) is 43.2 Å². The van der Waals surface area contributed by atoms with Crippen LogP contribution in [0.3, 0.4) is 0 Å². The fraction of sp³-hybridized carbons (Fsp3) is 0.566. The van der Waals surface area contributed by atoms with Crippen molar-refractivity contribution in [1.29, 1.82) is 0 Å².